The number of likely N-dealkylation sites (N-methyl/N-ethyl adjacent to an activating group) is 2. The zero-order valence-electron chi connectivity index (χ0n) is 14.3. The molecule has 1 rings (SSSR count). The van der Waals surface area contributed by atoms with Crippen LogP contribution >= 0.6 is 0 Å². The second-order valence-corrected chi connectivity index (χ2v) is 6.46. The molecule has 0 aliphatic heterocycles. The highest BCUT2D eigenvalue weighted by atomic mass is 15.2. The maximum atomic E-state index is 3.65. The molecule has 1 aromatic rings. The van der Waals surface area contributed by atoms with Crippen LogP contribution in [0.2, 0.25) is 0 Å². The molecule has 0 saturated carbocycles. The van der Waals surface area contributed by atoms with E-state index in [9.17, 15) is 0 Å². The van der Waals surface area contributed by atoms with Crippen LogP contribution < -0.4 is 5.32 Å². The summed E-state index contributed by atoms with van der Waals surface area (Å²) in [6.45, 7) is 14.5. The van der Waals surface area contributed by atoms with Gasteiger partial charge in [0.05, 0.1) is 0 Å². The summed E-state index contributed by atoms with van der Waals surface area (Å²) in [4.78, 5) is 2.50. The molecule has 0 aromatic heterocycles. The van der Waals surface area contributed by atoms with E-state index in [1.54, 1.807) is 0 Å². The molecule has 2 nitrogen and oxygen atoms in total. The van der Waals surface area contributed by atoms with Gasteiger partial charge in [0.15, 0.2) is 0 Å². The van der Waals surface area contributed by atoms with Crippen molar-refractivity contribution < 1.29 is 0 Å². The molecule has 0 fully saturated rings. The molecule has 0 aliphatic rings. The molecule has 2 atom stereocenters. The highest BCUT2D eigenvalue weighted by molar-refractivity contribution is 5.25. The van der Waals surface area contributed by atoms with Crippen LogP contribution in [0.5, 0.6) is 0 Å². The highest BCUT2D eigenvalue weighted by Gasteiger charge is 2.30. The van der Waals surface area contributed by atoms with Crippen LogP contribution in [-0.2, 0) is 0 Å². The molecule has 0 bridgehead atoms. The maximum Gasteiger partial charge on any atom is 0.0475 e. The molecule has 0 radical (unpaired) electrons. The van der Waals surface area contributed by atoms with E-state index in [0.717, 1.165) is 13.0 Å². The van der Waals surface area contributed by atoms with E-state index in [-0.39, 0.29) is 5.54 Å². The van der Waals surface area contributed by atoms with Crippen molar-refractivity contribution in [3.63, 3.8) is 0 Å². The van der Waals surface area contributed by atoms with Crippen LogP contribution in [-0.4, -0.2) is 30.1 Å². The first-order chi connectivity index (χ1) is 9.33. The molecule has 2 heteroatoms. The lowest BCUT2D eigenvalue weighted by atomic mass is 9.92. The van der Waals surface area contributed by atoms with Crippen LogP contribution in [0.3, 0.4) is 0 Å². The number of benzene rings is 1. The third kappa shape index (κ3) is 4.07. The molecule has 2 unspecified atom stereocenters. The van der Waals surface area contributed by atoms with Crippen LogP contribution in [0.25, 0.3) is 0 Å². The maximum absolute atomic E-state index is 3.65. The van der Waals surface area contributed by atoms with Gasteiger partial charge >= 0.3 is 0 Å². The molecule has 1 aromatic carbocycles. The van der Waals surface area contributed by atoms with Gasteiger partial charge in [-0.2, -0.15) is 0 Å². The van der Waals surface area contributed by atoms with E-state index in [2.05, 4.69) is 83.1 Å². The van der Waals surface area contributed by atoms with Crippen LogP contribution in [0.15, 0.2) is 24.3 Å². The second-order valence-electron chi connectivity index (χ2n) is 6.46. The normalized spacial score (nSPS) is 15.4. The Morgan fingerprint density at radius 3 is 2.15 bits per heavy atom. The van der Waals surface area contributed by atoms with Gasteiger partial charge in [-0.15, -0.1) is 0 Å². The summed E-state index contributed by atoms with van der Waals surface area (Å²) >= 11 is 0. The molecule has 0 amide bonds. The topological polar surface area (TPSA) is 15.3 Å². The summed E-state index contributed by atoms with van der Waals surface area (Å²) in [5.74, 6) is 0. The molecule has 0 aliphatic carbocycles. The minimum absolute atomic E-state index is 0.220. The average molecular weight is 276 g/mol. The highest BCUT2D eigenvalue weighted by Crippen LogP contribution is 2.27. The van der Waals surface area contributed by atoms with Crippen molar-refractivity contribution in [2.24, 2.45) is 0 Å². The Kier molecular flexibility index (Phi) is 6.22. The predicted molar refractivity (Wildman–Crippen MR) is 89.2 cm³/mol. The van der Waals surface area contributed by atoms with E-state index in [0.29, 0.717) is 12.1 Å². The summed E-state index contributed by atoms with van der Waals surface area (Å²) in [5, 5.41) is 3.65. The van der Waals surface area contributed by atoms with Crippen molar-refractivity contribution in [3.8, 4) is 0 Å². The largest absolute Gasteiger partial charge is 0.309 e. The Hall–Kier alpha value is -0.860. The van der Waals surface area contributed by atoms with Crippen molar-refractivity contribution in [1.29, 1.82) is 0 Å². The minimum Gasteiger partial charge on any atom is -0.309 e. The van der Waals surface area contributed by atoms with E-state index in [1.807, 2.05) is 0 Å². The lowest BCUT2D eigenvalue weighted by molar-refractivity contribution is 0.0836. The van der Waals surface area contributed by atoms with Crippen molar-refractivity contribution >= 4 is 0 Å². The van der Waals surface area contributed by atoms with Gasteiger partial charge in [-0.25, -0.2) is 0 Å². The van der Waals surface area contributed by atoms with Crippen molar-refractivity contribution in [2.75, 3.05) is 13.6 Å². The Balaban J connectivity index is 2.98. The van der Waals surface area contributed by atoms with Gasteiger partial charge in [0.2, 0.25) is 0 Å². The smallest absolute Gasteiger partial charge is 0.0475 e. The van der Waals surface area contributed by atoms with Crippen LogP contribution in [0.4, 0.5) is 0 Å². The fourth-order valence-corrected chi connectivity index (χ4v) is 2.58. The number of hydrogen-bond donors (Lipinski definition) is 1. The number of aryl methyl sites for hydroxylation is 1. The summed E-state index contributed by atoms with van der Waals surface area (Å²) in [6.07, 6.45) is 1.15. The Morgan fingerprint density at radius 1 is 1.15 bits per heavy atom. The summed E-state index contributed by atoms with van der Waals surface area (Å²) in [5.41, 5.74) is 2.92. The Morgan fingerprint density at radius 2 is 1.70 bits per heavy atom. The van der Waals surface area contributed by atoms with Crippen molar-refractivity contribution in [3.05, 3.63) is 35.4 Å². The molecular weight excluding hydrogens is 244 g/mol. The first-order valence-corrected chi connectivity index (χ1v) is 7.86. The molecule has 0 spiro atoms. The van der Waals surface area contributed by atoms with Crippen LogP contribution in [0.1, 0.15) is 58.2 Å². The Bertz CT molecular complexity index is 394. The zero-order chi connectivity index (χ0) is 15.3. The standard InChI is InChI=1S/C18H32N2/c1-8-18(5,6)20(7)15(4)17(19-9-2)16-12-10-14(3)11-13-16/h10-13,15,17,19H,8-9H2,1-7H3. The van der Waals surface area contributed by atoms with Gasteiger partial charge in [-0.05, 0) is 53.3 Å². The monoisotopic (exact) mass is 276 g/mol. The third-order valence-corrected chi connectivity index (χ3v) is 4.77. The van der Waals surface area contributed by atoms with Crippen LogP contribution in [0, 0.1) is 6.92 Å². The summed E-state index contributed by atoms with van der Waals surface area (Å²) in [7, 11) is 2.24. The fraction of sp³-hybridized carbons (Fsp3) is 0.667. The van der Waals surface area contributed by atoms with Gasteiger partial charge < -0.3 is 5.32 Å². The SMILES string of the molecule is CCNC(c1ccc(C)cc1)C(C)N(C)C(C)(C)CC. The van der Waals surface area contributed by atoms with Gasteiger partial charge in [-0.1, -0.05) is 43.7 Å². The summed E-state index contributed by atoms with van der Waals surface area (Å²) in [6, 6.07) is 9.75. The molecule has 1 N–H and O–H groups in total. The first-order valence-electron chi connectivity index (χ1n) is 7.86. The van der Waals surface area contributed by atoms with E-state index >= 15 is 0 Å². The minimum atomic E-state index is 0.220. The lowest BCUT2D eigenvalue weighted by Gasteiger charge is -2.43. The van der Waals surface area contributed by atoms with Gasteiger partial charge in [0, 0.05) is 17.6 Å². The Labute approximate surface area is 125 Å². The number of nitrogens with zero attached hydrogens (tertiary/aromatic N) is 1. The molecule has 0 heterocycles. The average Bonchev–Trinajstić information content (AvgIpc) is 2.44. The van der Waals surface area contributed by atoms with E-state index < -0.39 is 0 Å². The third-order valence-electron chi connectivity index (χ3n) is 4.77. The number of hydrogen-bond acceptors (Lipinski definition) is 2. The van der Waals surface area contributed by atoms with E-state index in [1.165, 1.54) is 11.1 Å². The number of rotatable bonds is 7. The molecule has 0 saturated heterocycles. The van der Waals surface area contributed by atoms with Gasteiger partial charge in [0.1, 0.15) is 0 Å². The quantitative estimate of drug-likeness (QED) is 0.804. The number of nitrogens with one attached hydrogen (secondary N) is 1. The van der Waals surface area contributed by atoms with E-state index in [4.69, 9.17) is 0 Å². The first kappa shape index (κ1) is 17.2. The predicted octanol–water partition coefficient (Wildman–Crippen LogP) is 4.15. The zero-order valence-corrected chi connectivity index (χ0v) is 14.3. The molecular formula is C18H32N2. The van der Waals surface area contributed by atoms with Gasteiger partial charge in [0.25, 0.3) is 0 Å². The second kappa shape index (κ2) is 7.24. The van der Waals surface area contributed by atoms with Crippen molar-refractivity contribution in [1.82, 2.24) is 10.2 Å². The fourth-order valence-electron chi connectivity index (χ4n) is 2.58. The lowest BCUT2D eigenvalue weighted by Crippen LogP contribution is -2.50. The summed E-state index contributed by atoms with van der Waals surface area (Å²) < 4.78 is 0. The van der Waals surface area contributed by atoms with Crippen molar-refractivity contribution in [2.45, 2.75) is 65.6 Å². The molecule has 20 heavy (non-hydrogen) atoms. The molecule has 114 valence electrons. The van der Waals surface area contributed by atoms with Gasteiger partial charge in [-0.3, -0.25) is 4.90 Å².